The molecule has 6 nitrogen and oxygen atoms in total. The van der Waals surface area contributed by atoms with Crippen LogP contribution in [-0.4, -0.2) is 52.8 Å². The average Bonchev–Trinajstić information content (AvgIpc) is 2.46. The molecule has 0 aliphatic carbocycles. The van der Waals surface area contributed by atoms with Crippen LogP contribution >= 0.6 is 0 Å². The summed E-state index contributed by atoms with van der Waals surface area (Å²) in [6.07, 6.45) is -4.27. The molecular formula is C11H21F3O6S. The standard InChI is InChI=1S/C9H15F3O6S.C2H6/c1-6(16-2)3-4-17-8(13)18-5-7(10)9(11,12)19(14)15;1-2/h6-7H,3-5H2,1-2H3,(H,14,15);1-2H3. The second kappa shape index (κ2) is 11.8. The van der Waals surface area contributed by atoms with Crippen LogP contribution in [0, 0.1) is 0 Å². The predicted octanol–water partition coefficient (Wildman–Crippen LogP) is 2.74. The number of ether oxygens (including phenoxy) is 3. The minimum atomic E-state index is -4.51. The van der Waals surface area contributed by atoms with E-state index in [9.17, 15) is 22.2 Å². The summed E-state index contributed by atoms with van der Waals surface area (Å²) in [7, 11) is 1.45. The van der Waals surface area contributed by atoms with E-state index in [-0.39, 0.29) is 12.7 Å². The van der Waals surface area contributed by atoms with Crippen LogP contribution in [0.3, 0.4) is 0 Å². The molecule has 0 aromatic heterocycles. The van der Waals surface area contributed by atoms with Gasteiger partial charge in [-0.1, -0.05) is 13.8 Å². The Balaban J connectivity index is 0. The summed E-state index contributed by atoms with van der Waals surface area (Å²) in [5.74, 6) is 0. The van der Waals surface area contributed by atoms with Gasteiger partial charge in [-0.3, -0.25) is 0 Å². The molecule has 0 aromatic carbocycles. The van der Waals surface area contributed by atoms with Gasteiger partial charge in [-0.25, -0.2) is 13.4 Å². The molecule has 3 atom stereocenters. The van der Waals surface area contributed by atoms with Gasteiger partial charge in [0.2, 0.25) is 17.3 Å². The van der Waals surface area contributed by atoms with Crippen molar-refractivity contribution in [3.05, 3.63) is 0 Å². The van der Waals surface area contributed by atoms with Gasteiger partial charge in [0, 0.05) is 13.5 Å². The van der Waals surface area contributed by atoms with Gasteiger partial charge in [-0.05, 0) is 6.92 Å². The molecule has 0 radical (unpaired) electrons. The van der Waals surface area contributed by atoms with E-state index in [0.29, 0.717) is 6.42 Å². The zero-order chi connectivity index (χ0) is 17.1. The Morgan fingerprint density at radius 1 is 1.33 bits per heavy atom. The van der Waals surface area contributed by atoms with Crippen molar-refractivity contribution in [3.63, 3.8) is 0 Å². The predicted molar refractivity (Wildman–Crippen MR) is 70.4 cm³/mol. The van der Waals surface area contributed by atoms with Crippen LogP contribution in [0.1, 0.15) is 27.2 Å². The zero-order valence-electron chi connectivity index (χ0n) is 12.3. The molecule has 3 unspecified atom stereocenters. The molecule has 0 amide bonds. The maximum Gasteiger partial charge on any atom is 0.508 e. The van der Waals surface area contributed by atoms with Crippen molar-refractivity contribution in [1.82, 2.24) is 0 Å². The molecule has 0 fully saturated rings. The van der Waals surface area contributed by atoms with Crippen LogP contribution in [0.5, 0.6) is 0 Å². The van der Waals surface area contributed by atoms with E-state index in [4.69, 9.17) is 9.29 Å². The van der Waals surface area contributed by atoms with Gasteiger partial charge in [0.05, 0.1) is 12.7 Å². The summed E-state index contributed by atoms with van der Waals surface area (Å²) < 4.78 is 69.7. The van der Waals surface area contributed by atoms with Crippen molar-refractivity contribution < 1.29 is 40.9 Å². The van der Waals surface area contributed by atoms with Crippen LogP contribution in [0.2, 0.25) is 0 Å². The lowest BCUT2D eigenvalue weighted by atomic mass is 10.3. The van der Waals surface area contributed by atoms with Crippen LogP contribution in [-0.2, 0) is 25.3 Å². The third-order valence-electron chi connectivity index (χ3n) is 2.09. The number of alkyl halides is 3. The molecule has 0 aliphatic heterocycles. The number of hydrogen-bond donors (Lipinski definition) is 1. The summed E-state index contributed by atoms with van der Waals surface area (Å²) >= 11 is -3.69. The monoisotopic (exact) mass is 338 g/mol. The highest BCUT2D eigenvalue weighted by Crippen LogP contribution is 2.24. The molecule has 1 N–H and O–H groups in total. The van der Waals surface area contributed by atoms with Crippen molar-refractivity contribution >= 4 is 17.2 Å². The molecule has 128 valence electrons. The van der Waals surface area contributed by atoms with Crippen LogP contribution in [0.4, 0.5) is 18.0 Å². The van der Waals surface area contributed by atoms with Crippen LogP contribution < -0.4 is 0 Å². The molecule has 0 aromatic rings. The summed E-state index contributed by atoms with van der Waals surface area (Å²) in [5.41, 5.74) is 0. The smallest absolute Gasteiger partial charge is 0.434 e. The number of methoxy groups -OCH3 is 1. The number of halogens is 3. The topological polar surface area (TPSA) is 82.1 Å². The number of carbonyl (C=O) groups is 1. The van der Waals surface area contributed by atoms with Crippen molar-refractivity contribution in [1.29, 1.82) is 0 Å². The summed E-state index contributed by atoms with van der Waals surface area (Å²) in [4.78, 5) is 10.9. The fourth-order valence-electron chi connectivity index (χ4n) is 0.815. The minimum absolute atomic E-state index is 0.0902. The molecular weight excluding hydrogens is 317 g/mol. The second-order valence-electron chi connectivity index (χ2n) is 3.52. The maximum atomic E-state index is 12.8. The van der Waals surface area contributed by atoms with E-state index in [2.05, 4.69) is 9.47 Å². The largest absolute Gasteiger partial charge is 0.508 e. The van der Waals surface area contributed by atoms with Gasteiger partial charge in [0.15, 0.2) is 0 Å². The summed E-state index contributed by atoms with van der Waals surface area (Å²) in [6.45, 7) is 4.24. The lowest BCUT2D eigenvalue weighted by Gasteiger charge is -2.16. The first kappa shape index (κ1) is 22.4. The number of rotatable bonds is 8. The average molecular weight is 338 g/mol. The molecule has 0 saturated carbocycles. The first-order chi connectivity index (χ1) is 9.71. The quantitative estimate of drug-likeness (QED) is 0.541. The normalized spacial score (nSPS) is 15.2. The van der Waals surface area contributed by atoms with Crippen molar-refractivity contribution in [2.75, 3.05) is 20.3 Å². The number of carbonyl (C=O) groups excluding carboxylic acids is 1. The highest BCUT2D eigenvalue weighted by atomic mass is 32.2. The van der Waals surface area contributed by atoms with E-state index in [1.165, 1.54) is 7.11 Å². The van der Waals surface area contributed by atoms with Gasteiger partial charge in [0.25, 0.3) is 0 Å². The van der Waals surface area contributed by atoms with Crippen LogP contribution in [0.25, 0.3) is 0 Å². The van der Waals surface area contributed by atoms with Gasteiger partial charge in [0.1, 0.15) is 6.61 Å². The fourth-order valence-corrected chi connectivity index (χ4v) is 1.10. The Bertz CT molecular complexity index is 316. The molecule has 0 heterocycles. The molecule has 0 aliphatic rings. The van der Waals surface area contributed by atoms with E-state index in [0.717, 1.165) is 0 Å². The molecule has 21 heavy (non-hydrogen) atoms. The SMILES string of the molecule is CC.COC(C)CCOC(=O)OCC(F)C(F)(F)S(=O)O. The van der Waals surface area contributed by atoms with E-state index < -0.39 is 35.3 Å². The molecule has 0 spiro atoms. The Labute approximate surface area is 124 Å². The molecule has 0 rings (SSSR count). The van der Waals surface area contributed by atoms with Gasteiger partial charge in [-0.15, -0.1) is 0 Å². The third kappa shape index (κ3) is 9.64. The van der Waals surface area contributed by atoms with Gasteiger partial charge in [-0.2, -0.15) is 8.78 Å². The zero-order valence-corrected chi connectivity index (χ0v) is 13.1. The molecule has 0 bridgehead atoms. The van der Waals surface area contributed by atoms with Crippen molar-refractivity contribution in [3.8, 4) is 0 Å². The Kier molecular flexibility index (Phi) is 12.5. The van der Waals surface area contributed by atoms with Crippen LogP contribution in [0.15, 0.2) is 0 Å². The Morgan fingerprint density at radius 3 is 2.29 bits per heavy atom. The van der Waals surface area contributed by atoms with Crippen molar-refractivity contribution in [2.24, 2.45) is 0 Å². The molecule has 0 saturated heterocycles. The summed E-state index contributed by atoms with van der Waals surface area (Å²) in [6, 6.07) is 0. The van der Waals surface area contributed by atoms with E-state index in [1.807, 2.05) is 13.8 Å². The van der Waals surface area contributed by atoms with E-state index >= 15 is 0 Å². The Hall–Kier alpha value is -0.870. The lowest BCUT2D eigenvalue weighted by molar-refractivity contribution is -0.0390. The highest BCUT2D eigenvalue weighted by Gasteiger charge is 2.47. The third-order valence-corrected chi connectivity index (χ3v) is 2.81. The van der Waals surface area contributed by atoms with Gasteiger partial charge < -0.3 is 18.8 Å². The van der Waals surface area contributed by atoms with Crippen molar-refractivity contribution in [2.45, 2.75) is 44.7 Å². The lowest BCUT2D eigenvalue weighted by Crippen LogP contribution is -2.38. The minimum Gasteiger partial charge on any atom is -0.434 e. The number of hydrogen-bond acceptors (Lipinski definition) is 5. The second-order valence-corrected chi connectivity index (χ2v) is 4.57. The maximum absolute atomic E-state index is 12.8. The first-order valence-corrected chi connectivity index (χ1v) is 7.27. The fraction of sp³-hybridized carbons (Fsp3) is 0.909. The highest BCUT2D eigenvalue weighted by molar-refractivity contribution is 7.80. The van der Waals surface area contributed by atoms with E-state index in [1.54, 1.807) is 6.92 Å². The summed E-state index contributed by atoms with van der Waals surface area (Å²) in [5, 5.41) is -4.51. The Morgan fingerprint density at radius 2 is 1.86 bits per heavy atom. The molecule has 10 heteroatoms. The first-order valence-electron chi connectivity index (χ1n) is 6.17. The van der Waals surface area contributed by atoms with Gasteiger partial charge >= 0.3 is 11.4 Å².